The van der Waals surface area contributed by atoms with Crippen molar-refractivity contribution in [3.05, 3.63) is 198 Å². The molecule has 2 atom stereocenters. The summed E-state index contributed by atoms with van der Waals surface area (Å²) in [5.74, 6) is 1.69. The molecule has 4 bridgehead atoms. The number of aryl methyl sites for hydroxylation is 2. The van der Waals surface area contributed by atoms with E-state index in [-0.39, 0.29) is 5.41 Å². The van der Waals surface area contributed by atoms with Gasteiger partial charge in [0.15, 0.2) is 0 Å². The molecule has 2 unspecified atom stereocenters. The third-order valence-corrected chi connectivity index (χ3v) is 14.2. The highest BCUT2D eigenvalue weighted by Gasteiger charge is 2.63. The third-order valence-electron chi connectivity index (χ3n) is 14.2. The van der Waals surface area contributed by atoms with Crippen molar-refractivity contribution in [2.45, 2.75) is 56.8 Å². The molecule has 278 valence electrons. The summed E-state index contributed by atoms with van der Waals surface area (Å²) >= 11 is 0. The monoisotopic (exact) mass is 736 g/mol. The maximum absolute atomic E-state index is 3.99. The van der Waals surface area contributed by atoms with Crippen LogP contribution in [0.5, 0.6) is 0 Å². The van der Waals surface area contributed by atoms with Gasteiger partial charge in [-0.25, -0.2) is 0 Å². The molecule has 0 amide bonds. The van der Waals surface area contributed by atoms with Crippen LogP contribution < -0.4 is 4.90 Å². The molecule has 4 saturated carbocycles. The molecule has 0 radical (unpaired) electrons. The van der Waals surface area contributed by atoms with Gasteiger partial charge in [-0.05, 0) is 163 Å². The zero-order valence-electron chi connectivity index (χ0n) is 33.0. The van der Waals surface area contributed by atoms with Crippen LogP contribution in [0.15, 0.2) is 170 Å². The predicted molar refractivity (Wildman–Crippen MR) is 240 cm³/mol. The highest BCUT2D eigenvalue weighted by molar-refractivity contribution is 6.12. The lowest BCUT2D eigenvalue weighted by molar-refractivity contribution is 0.189. The molecule has 1 aromatic heterocycles. The van der Waals surface area contributed by atoms with Gasteiger partial charge in [-0.1, -0.05) is 121 Å². The van der Waals surface area contributed by atoms with E-state index in [2.05, 4.69) is 194 Å². The minimum absolute atomic E-state index is 0.283. The van der Waals surface area contributed by atoms with E-state index in [0.29, 0.717) is 5.41 Å². The van der Waals surface area contributed by atoms with E-state index in [1.165, 1.54) is 87.4 Å². The highest BCUT2D eigenvalue weighted by Crippen LogP contribution is 2.70. The summed E-state index contributed by atoms with van der Waals surface area (Å²) in [6.07, 6.45) is 8.64. The van der Waals surface area contributed by atoms with E-state index in [9.17, 15) is 0 Å². The van der Waals surface area contributed by atoms with Crippen LogP contribution in [0.3, 0.4) is 0 Å². The minimum Gasteiger partial charge on any atom is -0.310 e. The van der Waals surface area contributed by atoms with E-state index < -0.39 is 0 Å². The Hall–Kier alpha value is -6.12. The number of benzene rings is 7. The first kappa shape index (κ1) is 34.2. The molecule has 0 N–H and O–H groups in total. The smallest absolute Gasteiger partial charge is 0.0542 e. The van der Waals surface area contributed by atoms with E-state index in [1.807, 2.05) is 6.08 Å². The van der Waals surface area contributed by atoms with Gasteiger partial charge >= 0.3 is 0 Å². The maximum atomic E-state index is 3.99. The van der Waals surface area contributed by atoms with Crippen molar-refractivity contribution in [3.8, 4) is 16.8 Å². The Kier molecular flexibility index (Phi) is 7.77. The second-order valence-electron chi connectivity index (χ2n) is 17.6. The molecule has 12 rings (SSSR count). The van der Waals surface area contributed by atoms with Gasteiger partial charge in [-0.15, -0.1) is 0 Å². The molecule has 2 nitrogen and oxygen atoms in total. The molecule has 4 aliphatic rings. The number of fused-ring (bicyclic) bond motifs is 3. The molecule has 0 aliphatic heterocycles. The van der Waals surface area contributed by atoms with Gasteiger partial charge in [-0.2, -0.15) is 0 Å². The standard InChI is InChI=1S/C55H48N2/c1-4-39-14-19-44(20-15-39)54-32-42-34-55(36-54,35-43(42)33-54)45-21-16-40(17-22-45)41-18-28-52-50(30-41)51-31-49(27-29-53(51)57(52)46-8-6-5-7-9-46)56(47-23-10-37(2)11-24-47)48-25-12-38(3)13-26-48/h4-31,42-43H,1,32-36H2,2-3H3. The van der Waals surface area contributed by atoms with Crippen LogP contribution in [-0.2, 0) is 10.8 Å². The Morgan fingerprint density at radius 1 is 0.526 bits per heavy atom. The maximum Gasteiger partial charge on any atom is 0.0542 e. The average molecular weight is 737 g/mol. The summed E-state index contributed by atoms with van der Waals surface area (Å²) in [6, 6.07) is 61.7. The van der Waals surface area contributed by atoms with Crippen LogP contribution in [0, 0.1) is 25.7 Å². The Balaban J connectivity index is 0.999. The largest absolute Gasteiger partial charge is 0.310 e. The summed E-state index contributed by atoms with van der Waals surface area (Å²) < 4.78 is 2.42. The third kappa shape index (κ3) is 5.52. The average Bonchev–Trinajstić information content (AvgIpc) is 3.82. The van der Waals surface area contributed by atoms with Crippen molar-refractivity contribution in [2.75, 3.05) is 4.90 Å². The minimum atomic E-state index is 0.283. The summed E-state index contributed by atoms with van der Waals surface area (Å²) in [7, 11) is 0. The number of aromatic nitrogens is 1. The first-order valence-corrected chi connectivity index (χ1v) is 20.8. The fourth-order valence-electron chi connectivity index (χ4n) is 11.6. The molecule has 57 heavy (non-hydrogen) atoms. The number of para-hydroxylation sites is 1. The zero-order chi connectivity index (χ0) is 38.3. The SMILES string of the molecule is C=Cc1ccc(C23CC4CC(c5ccc(-c6ccc7c(c6)c6cc(N(c8ccc(C)cc8)c8ccc(C)cc8)ccc6n7-c6ccccc6)cc5)(CC4C2)C3)cc1. The fourth-order valence-corrected chi connectivity index (χ4v) is 11.6. The van der Waals surface area contributed by atoms with Crippen LogP contribution >= 0.6 is 0 Å². The van der Waals surface area contributed by atoms with E-state index in [4.69, 9.17) is 0 Å². The first-order valence-electron chi connectivity index (χ1n) is 20.8. The van der Waals surface area contributed by atoms with Gasteiger partial charge < -0.3 is 9.47 Å². The molecule has 8 aromatic rings. The Morgan fingerprint density at radius 2 is 1.02 bits per heavy atom. The highest BCUT2D eigenvalue weighted by atomic mass is 15.1. The number of hydrogen-bond acceptors (Lipinski definition) is 1. The van der Waals surface area contributed by atoms with Crippen molar-refractivity contribution in [1.29, 1.82) is 0 Å². The van der Waals surface area contributed by atoms with Gasteiger partial charge in [0, 0.05) is 33.5 Å². The van der Waals surface area contributed by atoms with Gasteiger partial charge in [0.05, 0.1) is 11.0 Å². The molecule has 4 aliphatic carbocycles. The van der Waals surface area contributed by atoms with Gasteiger partial charge in [0.2, 0.25) is 0 Å². The Labute approximate surface area is 336 Å². The molecular weight excluding hydrogens is 689 g/mol. The molecule has 7 aromatic carbocycles. The van der Waals surface area contributed by atoms with Crippen molar-refractivity contribution in [1.82, 2.24) is 4.57 Å². The van der Waals surface area contributed by atoms with Crippen molar-refractivity contribution < 1.29 is 0 Å². The topological polar surface area (TPSA) is 8.17 Å². The molecule has 0 spiro atoms. The second-order valence-corrected chi connectivity index (χ2v) is 17.6. The second kappa shape index (κ2) is 13.0. The summed E-state index contributed by atoms with van der Waals surface area (Å²) in [6.45, 7) is 8.29. The molecule has 1 heterocycles. The lowest BCUT2D eigenvalue weighted by Crippen LogP contribution is -2.41. The quantitative estimate of drug-likeness (QED) is 0.151. The molecular formula is C55H48N2. The van der Waals surface area contributed by atoms with Gasteiger partial charge in [-0.3, -0.25) is 0 Å². The summed E-state index contributed by atoms with van der Waals surface area (Å²) in [5.41, 5.74) is 17.0. The van der Waals surface area contributed by atoms with Crippen LogP contribution in [0.2, 0.25) is 0 Å². The van der Waals surface area contributed by atoms with Crippen LogP contribution in [0.1, 0.15) is 59.9 Å². The summed E-state index contributed by atoms with van der Waals surface area (Å²) in [4.78, 5) is 2.38. The number of anilines is 3. The lowest BCUT2D eigenvalue weighted by Gasteiger charge is -2.47. The lowest BCUT2D eigenvalue weighted by atomic mass is 9.57. The van der Waals surface area contributed by atoms with Gasteiger partial charge in [0.1, 0.15) is 0 Å². The molecule has 2 heteroatoms. The first-order chi connectivity index (χ1) is 27.9. The fraction of sp³-hybridized carbons (Fsp3) is 0.200. The molecule has 4 fully saturated rings. The van der Waals surface area contributed by atoms with Crippen LogP contribution in [-0.4, -0.2) is 4.57 Å². The zero-order valence-corrected chi connectivity index (χ0v) is 33.0. The number of hydrogen-bond donors (Lipinski definition) is 0. The van der Waals surface area contributed by atoms with E-state index >= 15 is 0 Å². The van der Waals surface area contributed by atoms with Crippen LogP contribution in [0.25, 0.3) is 44.7 Å². The Morgan fingerprint density at radius 3 is 1.58 bits per heavy atom. The Bertz CT molecular complexity index is 2730. The number of rotatable bonds is 8. The molecule has 0 saturated heterocycles. The normalized spacial score (nSPS) is 22.1. The van der Waals surface area contributed by atoms with Crippen molar-refractivity contribution in [3.63, 3.8) is 0 Å². The van der Waals surface area contributed by atoms with E-state index in [0.717, 1.165) is 28.9 Å². The number of nitrogens with zero attached hydrogens (tertiary/aromatic N) is 2. The van der Waals surface area contributed by atoms with Crippen molar-refractivity contribution in [2.24, 2.45) is 11.8 Å². The van der Waals surface area contributed by atoms with Crippen LogP contribution in [0.4, 0.5) is 17.1 Å². The van der Waals surface area contributed by atoms with Crippen molar-refractivity contribution >= 4 is 44.9 Å². The predicted octanol–water partition coefficient (Wildman–Crippen LogP) is 14.6. The van der Waals surface area contributed by atoms with E-state index in [1.54, 1.807) is 11.1 Å². The van der Waals surface area contributed by atoms with Gasteiger partial charge in [0.25, 0.3) is 0 Å². The summed E-state index contributed by atoms with van der Waals surface area (Å²) in [5, 5.41) is 2.51.